The van der Waals surface area contributed by atoms with E-state index in [-0.39, 0.29) is 37.6 Å². The molecule has 4 heterocycles. The molecule has 5 aliphatic rings. The molecular weight excluding hydrogens is 1150 g/mol. The molecule has 7 aromatic carbocycles. The van der Waals surface area contributed by atoms with Gasteiger partial charge in [-0.2, -0.15) is 0 Å². The first-order valence-corrected chi connectivity index (χ1v) is 33.9. The molecule has 14 nitrogen and oxygen atoms in total. The van der Waals surface area contributed by atoms with Crippen molar-refractivity contribution in [2.45, 2.75) is 150 Å². The van der Waals surface area contributed by atoms with Crippen molar-refractivity contribution < 1.29 is 61.4 Å². The lowest BCUT2D eigenvalue weighted by molar-refractivity contribution is -0.379. The first-order chi connectivity index (χ1) is 43.0. The van der Waals surface area contributed by atoms with Crippen molar-refractivity contribution in [3.63, 3.8) is 0 Å². The van der Waals surface area contributed by atoms with Crippen molar-refractivity contribution in [2.24, 2.45) is 0 Å². The molecule has 4 fully saturated rings. The van der Waals surface area contributed by atoms with Crippen LogP contribution in [-0.4, -0.2) is 118 Å². The van der Waals surface area contributed by atoms with E-state index in [1.165, 1.54) is 16.7 Å². The molecule has 460 valence electrons. The molecule has 0 N–H and O–H groups in total. The fraction of sp³-hybridized carbons (Fsp3) is 0.389. The van der Waals surface area contributed by atoms with Crippen molar-refractivity contribution in [1.29, 1.82) is 0 Å². The molecule has 0 unspecified atom stereocenters. The second-order valence-corrected chi connectivity index (χ2v) is 29.5. The highest BCUT2D eigenvalue weighted by molar-refractivity contribution is 7.99. The van der Waals surface area contributed by atoms with Crippen LogP contribution in [0.15, 0.2) is 200 Å². The van der Waals surface area contributed by atoms with E-state index in [9.17, 15) is 0 Å². The lowest BCUT2D eigenvalue weighted by Gasteiger charge is -2.56. The average molecular weight is 1230 g/mol. The molecule has 0 aromatic heterocycles. The van der Waals surface area contributed by atoms with Crippen LogP contribution >= 0.6 is 11.8 Å². The van der Waals surface area contributed by atoms with E-state index < -0.39 is 97.7 Å². The monoisotopic (exact) mass is 1230 g/mol. The minimum absolute atomic E-state index is 0.0284. The molecular formula is C72H79NO13SSi. The van der Waals surface area contributed by atoms with Crippen LogP contribution in [0.25, 0.3) is 0 Å². The summed E-state index contributed by atoms with van der Waals surface area (Å²) in [6.45, 7) is 7.48. The smallest absolute Gasteiger partial charge is 0.262 e. The van der Waals surface area contributed by atoms with Gasteiger partial charge in [0.2, 0.25) is 0 Å². The summed E-state index contributed by atoms with van der Waals surface area (Å²) in [6.07, 6.45) is -2.11. The van der Waals surface area contributed by atoms with Crippen molar-refractivity contribution in [3.05, 3.63) is 234 Å². The summed E-state index contributed by atoms with van der Waals surface area (Å²) in [5.74, 6) is -1.24. The molecule has 11 atom stereocenters. The zero-order valence-electron chi connectivity index (χ0n) is 50.6. The van der Waals surface area contributed by atoms with Gasteiger partial charge in [0.15, 0.2) is 18.4 Å². The highest BCUT2D eigenvalue weighted by Gasteiger charge is 2.61. The van der Waals surface area contributed by atoms with Gasteiger partial charge in [-0.3, -0.25) is 14.5 Å². The summed E-state index contributed by atoms with van der Waals surface area (Å²) in [7, 11) is -1.79. The Hall–Kier alpha value is -6.35. The first-order valence-electron chi connectivity index (χ1n) is 30.7. The van der Waals surface area contributed by atoms with Crippen molar-refractivity contribution >= 4 is 42.3 Å². The number of methoxy groups -OCH3 is 1. The Morgan fingerprint density at radius 1 is 0.602 bits per heavy atom. The van der Waals surface area contributed by atoms with Crippen LogP contribution in [-0.2, 0) is 66.9 Å². The normalized spacial score (nSPS) is 25.7. The van der Waals surface area contributed by atoms with Gasteiger partial charge in [0.1, 0.15) is 60.0 Å². The zero-order valence-corrected chi connectivity index (χ0v) is 52.5. The van der Waals surface area contributed by atoms with E-state index in [2.05, 4.69) is 69.3 Å². The van der Waals surface area contributed by atoms with Crippen molar-refractivity contribution in [1.82, 2.24) is 4.90 Å². The molecule has 4 aliphatic heterocycles. The minimum atomic E-state index is -3.42. The van der Waals surface area contributed by atoms with E-state index in [0.29, 0.717) is 17.9 Å². The van der Waals surface area contributed by atoms with Gasteiger partial charge >= 0.3 is 0 Å². The molecule has 1 saturated carbocycles. The number of rotatable bonds is 22. The molecule has 2 amide bonds. The highest BCUT2D eigenvalue weighted by atomic mass is 32.2. The Morgan fingerprint density at radius 2 is 1.12 bits per heavy atom. The van der Waals surface area contributed by atoms with Gasteiger partial charge in [-0.25, -0.2) is 0 Å². The van der Waals surface area contributed by atoms with E-state index in [4.69, 9.17) is 51.8 Å². The second kappa shape index (κ2) is 27.8. The van der Waals surface area contributed by atoms with Crippen molar-refractivity contribution in [2.75, 3.05) is 26.6 Å². The number of thioether (sulfide) groups is 1. The predicted molar refractivity (Wildman–Crippen MR) is 339 cm³/mol. The molecule has 0 radical (unpaired) electrons. The number of carbonyl (C=O) groups excluding carboxylic acids is 2. The molecule has 0 bridgehead atoms. The lowest BCUT2D eigenvalue weighted by Crippen LogP contribution is -2.73. The number of nitrogens with zero attached hydrogens (tertiary/aromatic N) is 1. The molecule has 1 spiro atoms. The average Bonchev–Trinajstić information content (AvgIpc) is 1.15. The van der Waals surface area contributed by atoms with Gasteiger partial charge in [0, 0.05) is 18.4 Å². The maximum Gasteiger partial charge on any atom is 0.262 e. The largest absolute Gasteiger partial charge is 0.497 e. The standard InChI is InChI=1S/C72H79NO13SSi/c1-71(2,3)88(54-32-18-9-19-33-54,55-34-20-10-21-35-55)86-64-62-59(48-80-72(85-62)42-24-11-25-43-72)82-70(87-5)65(64)84-68(52-38-40-53(76-4)41-39-52)83-61-58(47-77-44-49-26-12-6-13-27-49)81-69(79-46-51-30-16-8-17-31-51)60(63(61)78-45-50-28-14-7-15-29-50)73-66(74)56-36-22-23-37-57(56)67(73)75/h6-10,12-23,26-41,58-65,68-70H,11,24-25,42-48H2,1-5H3/t58-,59-,60-,61-,62-,63-,64+,65+,68-,69-,70-/m1/s1. The van der Waals surface area contributed by atoms with Crippen LogP contribution in [0.5, 0.6) is 5.75 Å². The summed E-state index contributed by atoms with van der Waals surface area (Å²) in [6, 6.07) is 63.8. The molecule has 3 saturated heterocycles. The number of ether oxygens (including phenoxy) is 10. The minimum Gasteiger partial charge on any atom is -0.497 e. The SMILES string of the molecule is COc1ccc([C@@H](O[C@H]2[C@@H](O[Si](c3ccccc3)(c3ccccc3)C(C)(C)C)[C@@H]3OC4(CCCCC4)OC[C@H]3O[C@@H]2SC)O[C@H]2[C@H](OCc3ccccc3)[C@@H](N3C(=O)c4ccccc4C3=O)[C@H](OCc3ccccc3)O[C@@H]2COCc2ccccc2)cc1. The number of imide groups is 1. The number of fused-ring (bicyclic) bond motifs is 2. The fourth-order valence-electron chi connectivity index (χ4n) is 13.3. The van der Waals surface area contributed by atoms with Crippen LogP contribution in [0, 0.1) is 0 Å². The summed E-state index contributed by atoms with van der Waals surface area (Å²) in [4.78, 5) is 31.5. The van der Waals surface area contributed by atoms with E-state index >= 15 is 9.59 Å². The van der Waals surface area contributed by atoms with Gasteiger partial charge < -0.3 is 51.8 Å². The topological polar surface area (TPSA) is 139 Å². The fourth-order valence-corrected chi connectivity index (χ4v) is 18.7. The van der Waals surface area contributed by atoms with E-state index in [0.717, 1.165) is 59.2 Å². The molecule has 16 heteroatoms. The van der Waals surface area contributed by atoms with Gasteiger partial charge in [0.05, 0.1) is 51.3 Å². The number of carbonyl (C=O) groups is 2. The third kappa shape index (κ3) is 13.1. The van der Waals surface area contributed by atoms with Crippen LogP contribution in [0.1, 0.15) is 102 Å². The third-order valence-corrected chi connectivity index (χ3v) is 23.5. The Morgan fingerprint density at radius 3 is 1.67 bits per heavy atom. The van der Waals surface area contributed by atoms with Crippen LogP contribution < -0.4 is 15.1 Å². The summed E-state index contributed by atoms with van der Waals surface area (Å²) in [5, 5.41) is 1.74. The first kappa shape index (κ1) is 61.9. The summed E-state index contributed by atoms with van der Waals surface area (Å²) in [5.41, 5.74) is 3.14. The van der Waals surface area contributed by atoms with Gasteiger partial charge in [-0.1, -0.05) is 203 Å². The Labute approximate surface area is 522 Å². The maximum atomic E-state index is 15.1. The Kier molecular flexibility index (Phi) is 19.5. The van der Waals surface area contributed by atoms with Gasteiger partial charge in [-0.15, -0.1) is 11.8 Å². The lowest BCUT2D eigenvalue weighted by atomic mass is 9.90. The Balaban J connectivity index is 1.02. The highest BCUT2D eigenvalue weighted by Crippen LogP contribution is 2.48. The molecule has 88 heavy (non-hydrogen) atoms. The number of amides is 2. The molecule has 1 aliphatic carbocycles. The van der Waals surface area contributed by atoms with E-state index in [1.807, 2.05) is 134 Å². The number of benzene rings is 7. The summed E-state index contributed by atoms with van der Waals surface area (Å²) < 4.78 is 79.4. The maximum absolute atomic E-state index is 15.1. The van der Waals surface area contributed by atoms with Crippen molar-refractivity contribution in [3.8, 4) is 5.75 Å². The van der Waals surface area contributed by atoms with Crippen LogP contribution in [0.3, 0.4) is 0 Å². The van der Waals surface area contributed by atoms with Gasteiger partial charge in [0.25, 0.3) is 20.1 Å². The molecule has 7 aromatic rings. The molecule has 12 rings (SSSR count). The van der Waals surface area contributed by atoms with Crippen LogP contribution in [0.2, 0.25) is 5.04 Å². The van der Waals surface area contributed by atoms with E-state index in [1.54, 1.807) is 31.4 Å². The van der Waals surface area contributed by atoms with Crippen LogP contribution in [0.4, 0.5) is 0 Å². The van der Waals surface area contributed by atoms with Gasteiger partial charge in [-0.05, 0) is 75.5 Å². The predicted octanol–water partition coefficient (Wildman–Crippen LogP) is 12.0. The second-order valence-electron chi connectivity index (χ2n) is 24.3. The quantitative estimate of drug-likeness (QED) is 0.0361. The summed E-state index contributed by atoms with van der Waals surface area (Å²) >= 11 is 1.52. The Bertz CT molecular complexity index is 3300. The number of hydrogen-bond acceptors (Lipinski definition) is 14. The third-order valence-electron chi connectivity index (χ3n) is 17.7. The zero-order chi connectivity index (χ0) is 60.7. The number of hydrogen-bond donors (Lipinski definition) is 0.